The monoisotopic (exact) mass is 631 g/mol. The van der Waals surface area contributed by atoms with Gasteiger partial charge in [-0.2, -0.15) is 0 Å². The molecule has 11 nitrogen and oxygen atoms in total. The highest BCUT2D eigenvalue weighted by Crippen LogP contribution is 2.37. The summed E-state index contributed by atoms with van der Waals surface area (Å²) in [5, 5.41) is 12.7. The number of amides is 2. The standard InChI is InChI=1S/C30H25ClFN7O4.C2H6/c31-23-5-2-6-25(26(23)32)39(34)15-24(33)29(41)38-12-11-21-20(18-13-35-16-36-14-18)3-1-4-22(21)27(38)28(40)37-19-9-7-17(8-10-19)30(42)43;1-2/h1-10,13-16,27H,11-12,33-34H2,(H,37,40)(H,42,43);1-2H3/b24-15-;. The Bertz CT molecular complexity index is 1740. The van der Waals surface area contributed by atoms with Gasteiger partial charge in [-0.3, -0.25) is 14.6 Å². The van der Waals surface area contributed by atoms with E-state index in [1.807, 2.05) is 19.9 Å². The van der Waals surface area contributed by atoms with Crippen LogP contribution in [0.2, 0.25) is 5.02 Å². The van der Waals surface area contributed by atoms with Crippen molar-refractivity contribution in [1.82, 2.24) is 14.9 Å². The number of hydrogen-bond donors (Lipinski definition) is 4. The lowest BCUT2D eigenvalue weighted by Gasteiger charge is -2.37. The molecular formula is C32H31ClFN7O4. The number of carbonyl (C=O) groups is 3. The number of carboxylic acid groups (broad SMARTS) is 1. The maximum Gasteiger partial charge on any atom is 0.335 e. The van der Waals surface area contributed by atoms with Gasteiger partial charge in [-0.15, -0.1) is 0 Å². The highest BCUT2D eigenvalue weighted by molar-refractivity contribution is 6.31. The number of anilines is 2. The van der Waals surface area contributed by atoms with Gasteiger partial charge in [0.05, 0.1) is 22.5 Å². The lowest BCUT2D eigenvalue weighted by Crippen LogP contribution is -2.47. The molecule has 13 heteroatoms. The van der Waals surface area contributed by atoms with Crippen LogP contribution in [0.3, 0.4) is 0 Å². The molecule has 2 heterocycles. The average molecular weight is 632 g/mol. The molecule has 5 rings (SSSR count). The van der Waals surface area contributed by atoms with Gasteiger partial charge in [0.15, 0.2) is 5.82 Å². The minimum atomic E-state index is -1.14. The molecule has 3 aromatic carbocycles. The maximum absolute atomic E-state index is 14.5. The van der Waals surface area contributed by atoms with Crippen LogP contribution in [0.5, 0.6) is 0 Å². The molecule has 0 saturated heterocycles. The number of halogens is 2. The van der Waals surface area contributed by atoms with Crippen LogP contribution in [0.4, 0.5) is 15.8 Å². The number of rotatable bonds is 7. The quantitative estimate of drug-likeness (QED) is 0.126. The number of nitrogens with zero attached hydrogens (tertiary/aromatic N) is 4. The van der Waals surface area contributed by atoms with Gasteiger partial charge in [0, 0.05) is 30.2 Å². The molecule has 0 bridgehead atoms. The molecule has 1 atom stereocenters. The fourth-order valence-electron chi connectivity index (χ4n) is 4.92. The minimum Gasteiger partial charge on any atom is -0.478 e. The Morgan fingerprint density at radius 2 is 1.73 bits per heavy atom. The number of aromatic nitrogens is 2. The van der Waals surface area contributed by atoms with Crippen LogP contribution in [0.25, 0.3) is 11.1 Å². The SMILES string of the molecule is CC.N/C(=C\N(N)c1cccc(Cl)c1F)C(=O)N1CCc2c(-c3cncnc3)cccc2C1C(=O)Nc1ccc(C(=O)O)cc1. The van der Waals surface area contributed by atoms with E-state index in [9.17, 15) is 23.9 Å². The van der Waals surface area contributed by atoms with E-state index in [1.54, 1.807) is 24.5 Å². The average Bonchev–Trinajstić information content (AvgIpc) is 3.06. The smallest absolute Gasteiger partial charge is 0.335 e. The number of aromatic carboxylic acids is 1. The fourth-order valence-corrected chi connectivity index (χ4v) is 5.09. The molecule has 2 amide bonds. The summed E-state index contributed by atoms with van der Waals surface area (Å²) in [6.45, 7) is 4.11. The van der Waals surface area contributed by atoms with Gasteiger partial charge in [-0.05, 0) is 59.5 Å². The number of carbonyl (C=O) groups excluding carboxylic acids is 2. The lowest BCUT2D eigenvalue weighted by atomic mass is 9.86. The number of carboxylic acids is 1. The Morgan fingerprint density at radius 3 is 2.40 bits per heavy atom. The van der Waals surface area contributed by atoms with Crippen molar-refractivity contribution in [3.05, 3.63) is 119 Å². The van der Waals surface area contributed by atoms with Gasteiger partial charge >= 0.3 is 5.97 Å². The molecular weight excluding hydrogens is 601 g/mol. The van der Waals surface area contributed by atoms with Crippen LogP contribution < -0.4 is 21.9 Å². The number of hydrogen-bond acceptors (Lipinski definition) is 8. The highest BCUT2D eigenvalue weighted by atomic mass is 35.5. The molecule has 0 spiro atoms. The van der Waals surface area contributed by atoms with Crippen molar-refractivity contribution in [2.75, 3.05) is 16.9 Å². The van der Waals surface area contributed by atoms with Crippen molar-refractivity contribution in [3.63, 3.8) is 0 Å². The van der Waals surface area contributed by atoms with Crippen LogP contribution >= 0.6 is 11.6 Å². The van der Waals surface area contributed by atoms with E-state index in [-0.39, 0.29) is 28.5 Å². The summed E-state index contributed by atoms with van der Waals surface area (Å²) < 4.78 is 14.5. The fraction of sp³-hybridized carbons (Fsp3) is 0.156. The van der Waals surface area contributed by atoms with Gasteiger partial charge in [0.2, 0.25) is 0 Å². The zero-order valence-electron chi connectivity index (χ0n) is 24.4. The first kappa shape index (κ1) is 32.6. The molecule has 1 unspecified atom stereocenters. The van der Waals surface area contributed by atoms with Gasteiger partial charge in [-0.25, -0.2) is 25.0 Å². The summed E-state index contributed by atoms with van der Waals surface area (Å²) >= 11 is 5.86. The van der Waals surface area contributed by atoms with E-state index in [0.717, 1.165) is 27.9 Å². The Hall–Kier alpha value is -5.33. The summed E-state index contributed by atoms with van der Waals surface area (Å²) in [5.41, 5.74) is 9.01. The van der Waals surface area contributed by atoms with Crippen molar-refractivity contribution in [2.24, 2.45) is 11.6 Å². The van der Waals surface area contributed by atoms with E-state index in [0.29, 0.717) is 17.7 Å². The lowest BCUT2D eigenvalue weighted by molar-refractivity contribution is -0.136. The van der Waals surface area contributed by atoms with Crippen LogP contribution in [0.1, 0.15) is 41.4 Å². The van der Waals surface area contributed by atoms with Crippen molar-refractivity contribution in [1.29, 1.82) is 0 Å². The van der Waals surface area contributed by atoms with Crippen LogP contribution in [-0.4, -0.2) is 44.3 Å². The van der Waals surface area contributed by atoms with Crippen LogP contribution in [0, 0.1) is 5.82 Å². The third-order valence-electron chi connectivity index (χ3n) is 6.94. The minimum absolute atomic E-state index is 0.0490. The summed E-state index contributed by atoms with van der Waals surface area (Å²) in [6.07, 6.45) is 6.17. The number of nitrogens with one attached hydrogen (secondary N) is 1. The first-order valence-electron chi connectivity index (χ1n) is 13.9. The molecule has 1 aromatic heterocycles. The van der Waals surface area contributed by atoms with Crippen molar-refractivity contribution < 1.29 is 23.9 Å². The molecule has 45 heavy (non-hydrogen) atoms. The number of hydrazine groups is 1. The largest absolute Gasteiger partial charge is 0.478 e. The Balaban J connectivity index is 0.00000226. The van der Waals surface area contributed by atoms with Gasteiger partial charge in [-0.1, -0.05) is 49.7 Å². The van der Waals surface area contributed by atoms with E-state index in [2.05, 4.69) is 15.3 Å². The Kier molecular flexibility index (Phi) is 10.4. The van der Waals surface area contributed by atoms with Crippen molar-refractivity contribution in [2.45, 2.75) is 26.3 Å². The molecule has 0 fully saturated rings. The third-order valence-corrected chi connectivity index (χ3v) is 7.23. The zero-order chi connectivity index (χ0) is 32.7. The first-order valence-corrected chi connectivity index (χ1v) is 14.3. The molecule has 1 aliphatic heterocycles. The summed E-state index contributed by atoms with van der Waals surface area (Å²) in [4.78, 5) is 48.3. The summed E-state index contributed by atoms with van der Waals surface area (Å²) in [6, 6.07) is 14.1. The number of benzene rings is 3. The third kappa shape index (κ3) is 7.08. The van der Waals surface area contributed by atoms with E-state index >= 15 is 0 Å². The number of fused-ring (bicyclic) bond motifs is 1. The van der Waals surface area contributed by atoms with Gasteiger partial charge in [0.25, 0.3) is 11.8 Å². The second-order valence-electron chi connectivity index (χ2n) is 9.59. The molecule has 0 saturated carbocycles. The van der Waals surface area contributed by atoms with E-state index in [1.165, 1.54) is 53.7 Å². The molecule has 1 aliphatic rings. The molecule has 4 aromatic rings. The van der Waals surface area contributed by atoms with Crippen molar-refractivity contribution in [3.8, 4) is 11.1 Å². The topological polar surface area (TPSA) is 168 Å². The molecule has 0 aliphatic carbocycles. The predicted octanol–water partition coefficient (Wildman–Crippen LogP) is 4.91. The normalized spacial score (nSPS) is 14.0. The van der Waals surface area contributed by atoms with E-state index in [4.69, 9.17) is 23.2 Å². The zero-order valence-corrected chi connectivity index (χ0v) is 25.2. The summed E-state index contributed by atoms with van der Waals surface area (Å²) in [5.74, 6) is 2.83. The highest BCUT2D eigenvalue weighted by Gasteiger charge is 2.38. The molecule has 232 valence electrons. The van der Waals surface area contributed by atoms with Gasteiger partial charge < -0.3 is 21.1 Å². The van der Waals surface area contributed by atoms with Crippen molar-refractivity contribution >= 4 is 40.8 Å². The van der Waals surface area contributed by atoms with Crippen LogP contribution in [-0.2, 0) is 16.0 Å². The second-order valence-corrected chi connectivity index (χ2v) is 10.00. The van der Waals surface area contributed by atoms with Gasteiger partial charge in [0.1, 0.15) is 18.1 Å². The molecule has 0 radical (unpaired) electrons. The van der Waals surface area contributed by atoms with Crippen LogP contribution in [0.15, 0.2) is 91.3 Å². The number of nitrogens with two attached hydrogens (primary N) is 2. The first-order chi connectivity index (χ1) is 21.7. The summed E-state index contributed by atoms with van der Waals surface area (Å²) in [7, 11) is 0. The second kappa shape index (κ2) is 14.4. The predicted molar refractivity (Wildman–Crippen MR) is 169 cm³/mol. The molecule has 6 N–H and O–H groups in total. The van der Waals surface area contributed by atoms with E-state index < -0.39 is 29.6 Å². The Labute approximate surface area is 263 Å². The maximum atomic E-state index is 14.5. The Morgan fingerprint density at radius 1 is 1.07 bits per heavy atom.